The van der Waals surface area contributed by atoms with Crippen LogP contribution in [0.3, 0.4) is 0 Å². The standard InChI is InChI=1S/C15H21NO/c1-5-6-13(9-16)15(17)14-8-11(3)10(2)7-12(14)4/h7-8,13,15,17H,5-6H2,1-4H3. The molecule has 0 aliphatic heterocycles. The Labute approximate surface area is 104 Å². The number of aliphatic hydroxyl groups is 1. The van der Waals surface area contributed by atoms with Gasteiger partial charge in [0.05, 0.1) is 18.1 Å². The summed E-state index contributed by atoms with van der Waals surface area (Å²) in [6, 6.07) is 6.30. The summed E-state index contributed by atoms with van der Waals surface area (Å²) >= 11 is 0. The highest BCUT2D eigenvalue weighted by molar-refractivity contribution is 5.38. The van der Waals surface area contributed by atoms with Crippen molar-refractivity contribution in [3.05, 3.63) is 34.4 Å². The van der Waals surface area contributed by atoms with Gasteiger partial charge in [0.15, 0.2) is 0 Å². The van der Waals surface area contributed by atoms with Crippen LogP contribution in [0, 0.1) is 38.0 Å². The molecule has 0 radical (unpaired) electrons. The first-order chi connectivity index (χ1) is 8.01. The Balaban J connectivity index is 3.07. The zero-order valence-electron chi connectivity index (χ0n) is 11.1. The summed E-state index contributed by atoms with van der Waals surface area (Å²) in [5.41, 5.74) is 4.35. The fourth-order valence-corrected chi connectivity index (χ4v) is 2.12. The summed E-state index contributed by atoms with van der Waals surface area (Å²) in [7, 11) is 0. The van der Waals surface area contributed by atoms with Gasteiger partial charge in [-0.25, -0.2) is 0 Å². The molecule has 1 aromatic carbocycles. The monoisotopic (exact) mass is 231 g/mol. The lowest BCUT2D eigenvalue weighted by Gasteiger charge is -2.19. The topological polar surface area (TPSA) is 44.0 Å². The molecular formula is C15H21NO. The van der Waals surface area contributed by atoms with Crippen LogP contribution in [-0.4, -0.2) is 5.11 Å². The van der Waals surface area contributed by atoms with E-state index in [1.807, 2.05) is 26.8 Å². The number of rotatable bonds is 4. The lowest BCUT2D eigenvalue weighted by atomic mass is 9.89. The van der Waals surface area contributed by atoms with Crippen molar-refractivity contribution in [3.8, 4) is 6.07 Å². The van der Waals surface area contributed by atoms with Gasteiger partial charge in [-0.05, 0) is 49.4 Å². The summed E-state index contributed by atoms with van der Waals surface area (Å²) in [6.07, 6.45) is 0.989. The van der Waals surface area contributed by atoms with E-state index in [0.29, 0.717) is 0 Å². The molecule has 2 heteroatoms. The summed E-state index contributed by atoms with van der Waals surface area (Å²) in [5.74, 6) is -0.305. The highest BCUT2D eigenvalue weighted by atomic mass is 16.3. The maximum absolute atomic E-state index is 10.3. The molecule has 2 nitrogen and oxygen atoms in total. The Morgan fingerprint density at radius 3 is 2.29 bits per heavy atom. The van der Waals surface area contributed by atoms with Crippen LogP contribution in [0.2, 0.25) is 0 Å². The zero-order chi connectivity index (χ0) is 13.0. The SMILES string of the molecule is CCCC(C#N)C(O)c1cc(C)c(C)cc1C. The molecule has 17 heavy (non-hydrogen) atoms. The number of hydrogen-bond acceptors (Lipinski definition) is 2. The molecule has 0 saturated heterocycles. The van der Waals surface area contributed by atoms with Gasteiger partial charge in [0.2, 0.25) is 0 Å². The van der Waals surface area contributed by atoms with E-state index in [9.17, 15) is 5.11 Å². The Hall–Kier alpha value is -1.33. The summed E-state index contributed by atoms with van der Waals surface area (Å²) in [6.45, 7) is 8.12. The van der Waals surface area contributed by atoms with Gasteiger partial charge in [0, 0.05) is 0 Å². The maximum atomic E-state index is 10.3. The van der Waals surface area contributed by atoms with Crippen LogP contribution in [0.15, 0.2) is 12.1 Å². The third-order valence-corrected chi connectivity index (χ3v) is 3.35. The van der Waals surface area contributed by atoms with Crippen LogP contribution >= 0.6 is 0 Å². The average Bonchev–Trinajstić information content (AvgIpc) is 2.30. The Morgan fingerprint density at radius 1 is 1.18 bits per heavy atom. The van der Waals surface area contributed by atoms with Crippen molar-refractivity contribution in [2.24, 2.45) is 5.92 Å². The first kappa shape index (κ1) is 13.7. The van der Waals surface area contributed by atoms with Gasteiger partial charge in [0.25, 0.3) is 0 Å². The molecule has 0 spiro atoms. The molecule has 0 fully saturated rings. The molecule has 1 aromatic rings. The van der Waals surface area contributed by atoms with Crippen molar-refractivity contribution in [3.63, 3.8) is 0 Å². The molecular weight excluding hydrogens is 210 g/mol. The molecule has 0 aromatic heterocycles. The van der Waals surface area contributed by atoms with Crippen molar-refractivity contribution in [2.45, 2.75) is 46.6 Å². The van der Waals surface area contributed by atoms with E-state index in [1.165, 1.54) is 5.56 Å². The van der Waals surface area contributed by atoms with Gasteiger partial charge in [0.1, 0.15) is 0 Å². The van der Waals surface area contributed by atoms with Gasteiger partial charge in [-0.3, -0.25) is 0 Å². The minimum absolute atomic E-state index is 0.305. The zero-order valence-corrected chi connectivity index (χ0v) is 11.1. The molecule has 92 valence electrons. The Morgan fingerprint density at radius 2 is 1.76 bits per heavy atom. The lowest BCUT2D eigenvalue weighted by molar-refractivity contribution is 0.129. The first-order valence-electron chi connectivity index (χ1n) is 6.16. The molecule has 2 atom stereocenters. The highest BCUT2D eigenvalue weighted by Gasteiger charge is 2.21. The fourth-order valence-electron chi connectivity index (χ4n) is 2.12. The van der Waals surface area contributed by atoms with Crippen LogP contribution in [0.4, 0.5) is 0 Å². The summed E-state index contributed by atoms with van der Waals surface area (Å²) in [5, 5.41) is 19.4. The minimum Gasteiger partial charge on any atom is -0.387 e. The second kappa shape index (κ2) is 5.84. The molecule has 1 N–H and O–H groups in total. The van der Waals surface area contributed by atoms with Gasteiger partial charge in [-0.2, -0.15) is 5.26 Å². The maximum Gasteiger partial charge on any atom is 0.0950 e. The number of nitriles is 1. The number of nitrogens with zero attached hydrogens (tertiary/aromatic N) is 1. The highest BCUT2D eigenvalue weighted by Crippen LogP contribution is 2.29. The normalized spacial score (nSPS) is 14.1. The molecule has 1 rings (SSSR count). The van der Waals surface area contributed by atoms with Crippen molar-refractivity contribution >= 4 is 0 Å². The van der Waals surface area contributed by atoms with Crippen LogP contribution < -0.4 is 0 Å². The molecule has 0 amide bonds. The Kier molecular flexibility index (Phi) is 4.72. The molecule has 0 aliphatic rings. The van der Waals surface area contributed by atoms with Crippen LogP contribution in [0.25, 0.3) is 0 Å². The largest absolute Gasteiger partial charge is 0.387 e. The third kappa shape index (κ3) is 3.08. The fraction of sp³-hybridized carbons (Fsp3) is 0.533. The van der Waals surface area contributed by atoms with Crippen molar-refractivity contribution in [1.29, 1.82) is 5.26 Å². The van der Waals surface area contributed by atoms with Gasteiger partial charge < -0.3 is 5.11 Å². The molecule has 0 heterocycles. The minimum atomic E-state index is -0.667. The van der Waals surface area contributed by atoms with Crippen LogP contribution in [0.5, 0.6) is 0 Å². The molecule has 2 unspecified atom stereocenters. The van der Waals surface area contributed by atoms with Crippen LogP contribution in [0.1, 0.15) is 48.1 Å². The van der Waals surface area contributed by atoms with E-state index in [1.54, 1.807) is 0 Å². The van der Waals surface area contributed by atoms with Crippen molar-refractivity contribution in [1.82, 2.24) is 0 Å². The number of aliphatic hydroxyl groups excluding tert-OH is 1. The van der Waals surface area contributed by atoms with Gasteiger partial charge in [-0.1, -0.05) is 25.5 Å². The number of aryl methyl sites for hydroxylation is 3. The molecule has 0 aliphatic carbocycles. The van der Waals surface area contributed by atoms with Crippen molar-refractivity contribution in [2.75, 3.05) is 0 Å². The predicted octanol–water partition coefficient (Wildman–Crippen LogP) is 3.59. The van der Waals surface area contributed by atoms with E-state index >= 15 is 0 Å². The average molecular weight is 231 g/mol. The number of hydrogen-bond donors (Lipinski definition) is 1. The van der Waals surface area contributed by atoms with E-state index in [4.69, 9.17) is 5.26 Å². The molecule has 0 bridgehead atoms. The lowest BCUT2D eigenvalue weighted by Crippen LogP contribution is -2.12. The number of benzene rings is 1. The van der Waals surface area contributed by atoms with E-state index in [2.05, 4.69) is 19.1 Å². The summed E-state index contributed by atoms with van der Waals surface area (Å²) < 4.78 is 0. The van der Waals surface area contributed by atoms with Crippen LogP contribution in [-0.2, 0) is 0 Å². The molecule has 0 saturated carbocycles. The quantitative estimate of drug-likeness (QED) is 0.860. The predicted molar refractivity (Wildman–Crippen MR) is 69.6 cm³/mol. The smallest absolute Gasteiger partial charge is 0.0950 e. The Bertz CT molecular complexity index is 431. The van der Waals surface area contributed by atoms with Gasteiger partial charge >= 0.3 is 0 Å². The summed E-state index contributed by atoms with van der Waals surface area (Å²) in [4.78, 5) is 0. The third-order valence-electron chi connectivity index (χ3n) is 3.35. The van der Waals surface area contributed by atoms with Gasteiger partial charge in [-0.15, -0.1) is 0 Å². The second-order valence-corrected chi connectivity index (χ2v) is 4.76. The van der Waals surface area contributed by atoms with E-state index in [0.717, 1.165) is 29.5 Å². The second-order valence-electron chi connectivity index (χ2n) is 4.76. The van der Waals surface area contributed by atoms with E-state index < -0.39 is 6.10 Å². The first-order valence-corrected chi connectivity index (χ1v) is 6.16. The van der Waals surface area contributed by atoms with Crippen molar-refractivity contribution < 1.29 is 5.11 Å². The van der Waals surface area contributed by atoms with E-state index in [-0.39, 0.29) is 5.92 Å².